The van der Waals surface area contributed by atoms with Gasteiger partial charge in [0, 0.05) is 51.2 Å². The van der Waals surface area contributed by atoms with E-state index in [0.29, 0.717) is 25.4 Å². The molecule has 27 heavy (non-hydrogen) atoms. The molecule has 2 aromatic heterocycles. The van der Waals surface area contributed by atoms with Gasteiger partial charge in [0.05, 0.1) is 18.2 Å². The Labute approximate surface area is 159 Å². The van der Waals surface area contributed by atoms with Gasteiger partial charge in [0.1, 0.15) is 0 Å². The van der Waals surface area contributed by atoms with E-state index < -0.39 is 0 Å². The van der Waals surface area contributed by atoms with Crippen LogP contribution in [0, 0.1) is 11.8 Å². The molecule has 0 aliphatic carbocycles. The minimum atomic E-state index is -0.219. The summed E-state index contributed by atoms with van der Waals surface area (Å²) in [5, 5.41) is 4.27. The van der Waals surface area contributed by atoms with Gasteiger partial charge in [-0.25, -0.2) is 0 Å². The zero-order valence-corrected chi connectivity index (χ0v) is 15.4. The highest BCUT2D eigenvalue weighted by molar-refractivity contribution is 5.89. The van der Waals surface area contributed by atoms with Crippen LogP contribution in [0.25, 0.3) is 0 Å². The molecule has 0 N–H and O–H groups in total. The number of rotatable bonds is 5. The van der Waals surface area contributed by atoms with Gasteiger partial charge in [-0.15, -0.1) is 0 Å². The Morgan fingerprint density at radius 2 is 2.00 bits per heavy atom. The van der Waals surface area contributed by atoms with Gasteiger partial charge < -0.3 is 9.80 Å². The molecule has 2 saturated heterocycles. The lowest BCUT2D eigenvalue weighted by molar-refractivity contribution is -0.137. The predicted molar refractivity (Wildman–Crippen MR) is 99.3 cm³/mol. The van der Waals surface area contributed by atoms with Crippen molar-refractivity contribution in [1.29, 1.82) is 0 Å². The van der Waals surface area contributed by atoms with Crippen LogP contribution in [-0.2, 0) is 22.7 Å². The quantitative estimate of drug-likeness (QED) is 0.804. The van der Waals surface area contributed by atoms with E-state index in [4.69, 9.17) is 0 Å². The molecule has 0 aromatic carbocycles. The van der Waals surface area contributed by atoms with Crippen LogP contribution in [0.2, 0.25) is 0 Å². The monoisotopic (exact) mass is 367 g/mol. The van der Waals surface area contributed by atoms with Gasteiger partial charge in [-0.2, -0.15) is 5.10 Å². The third-order valence-corrected chi connectivity index (χ3v) is 5.57. The van der Waals surface area contributed by atoms with Crippen molar-refractivity contribution < 1.29 is 9.59 Å². The molecule has 0 spiro atoms. The van der Waals surface area contributed by atoms with Gasteiger partial charge >= 0.3 is 0 Å². The Bertz CT molecular complexity index is 769. The highest BCUT2D eigenvalue weighted by atomic mass is 16.2. The van der Waals surface area contributed by atoms with E-state index in [1.54, 1.807) is 17.3 Å². The first-order chi connectivity index (χ1) is 13.2. The first kappa shape index (κ1) is 17.7. The molecule has 2 aliphatic heterocycles. The number of piperidine rings is 1. The number of pyridine rings is 1. The Morgan fingerprint density at radius 3 is 2.70 bits per heavy atom. The van der Waals surface area contributed by atoms with Crippen LogP contribution in [0.3, 0.4) is 0 Å². The van der Waals surface area contributed by atoms with Crippen molar-refractivity contribution in [3.05, 3.63) is 48.5 Å². The molecule has 7 heteroatoms. The minimum Gasteiger partial charge on any atom is -0.342 e. The second kappa shape index (κ2) is 7.90. The molecule has 4 heterocycles. The molecular weight excluding hydrogens is 342 g/mol. The van der Waals surface area contributed by atoms with Gasteiger partial charge in [-0.05, 0) is 37.0 Å². The number of amides is 2. The molecule has 4 rings (SSSR count). The molecule has 2 fully saturated rings. The average Bonchev–Trinajstić information content (AvgIpc) is 3.33. The molecule has 0 saturated carbocycles. The van der Waals surface area contributed by atoms with Gasteiger partial charge in [-0.1, -0.05) is 6.07 Å². The third-order valence-electron chi connectivity index (χ3n) is 5.57. The largest absolute Gasteiger partial charge is 0.342 e. The van der Waals surface area contributed by atoms with Crippen LogP contribution in [0.4, 0.5) is 0 Å². The lowest BCUT2D eigenvalue weighted by Crippen LogP contribution is -2.43. The molecular formula is C20H25N5O2. The maximum absolute atomic E-state index is 12.9. The Balaban J connectivity index is 1.28. The van der Waals surface area contributed by atoms with E-state index in [1.807, 2.05) is 40.0 Å². The van der Waals surface area contributed by atoms with E-state index in [2.05, 4.69) is 10.1 Å². The normalized spacial score (nSPS) is 21.0. The topological polar surface area (TPSA) is 71.3 Å². The summed E-state index contributed by atoms with van der Waals surface area (Å²) < 4.78 is 1.97. The molecule has 1 unspecified atom stereocenters. The Hall–Kier alpha value is -2.70. The molecule has 0 radical (unpaired) electrons. The Morgan fingerprint density at radius 1 is 1.15 bits per heavy atom. The van der Waals surface area contributed by atoms with Gasteiger partial charge in [0.15, 0.2) is 0 Å². The van der Waals surface area contributed by atoms with Crippen molar-refractivity contribution in [3.63, 3.8) is 0 Å². The molecule has 2 aromatic rings. The van der Waals surface area contributed by atoms with Crippen LogP contribution >= 0.6 is 0 Å². The van der Waals surface area contributed by atoms with E-state index in [1.165, 1.54) is 0 Å². The Kier molecular flexibility index (Phi) is 5.18. The lowest BCUT2D eigenvalue weighted by Gasteiger charge is -2.33. The molecule has 7 nitrogen and oxygen atoms in total. The summed E-state index contributed by atoms with van der Waals surface area (Å²) in [6.45, 7) is 3.44. The van der Waals surface area contributed by atoms with E-state index in [0.717, 1.165) is 38.2 Å². The van der Waals surface area contributed by atoms with Crippen LogP contribution in [0.15, 0.2) is 42.9 Å². The standard InChI is InChI=1S/C20H25N5O2/c26-19-12-17(14-24(19)15-18-4-1-2-7-21-18)20(27)23-10-5-16(6-11-23)13-25-9-3-8-22-25/h1-4,7-9,16-17H,5-6,10-15H2. The van der Waals surface area contributed by atoms with Crippen molar-refractivity contribution in [2.75, 3.05) is 19.6 Å². The summed E-state index contributed by atoms with van der Waals surface area (Å²) in [5.74, 6) is 0.515. The van der Waals surface area contributed by atoms with E-state index >= 15 is 0 Å². The van der Waals surface area contributed by atoms with Gasteiger partial charge in [0.25, 0.3) is 0 Å². The zero-order chi connectivity index (χ0) is 18.6. The molecule has 2 aliphatic rings. The number of hydrogen-bond donors (Lipinski definition) is 0. The number of hydrogen-bond acceptors (Lipinski definition) is 4. The number of carbonyl (C=O) groups is 2. The first-order valence-electron chi connectivity index (χ1n) is 9.63. The third kappa shape index (κ3) is 4.18. The second-order valence-electron chi connectivity index (χ2n) is 7.49. The number of aromatic nitrogens is 3. The van der Waals surface area contributed by atoms with Crippen LogP contribution in [-0.4, -0.2) is 56.0 Å². The van der Waals surface area contributed by atoms with Crippen molar-refractivity contribution in [2.45, 2.75) is 32.4 Å². The SMILES string of the molecule is O=C1CC(C(=O)N2CCC(Cn3cccn3)CC2)CN1Cc1ccccn1. The van der Waals surface area contributed by atoms with Crippen molar-refractivity contribution in [1.82, 2.24) is 24.6 Å². The molecule has 2 amide bonds. The first-order valence-corrected chi connectivity index (χ1v) is 9.63. The van der Waals surface area contributed by atoms with Crippen LogP contribution in [0.5, 0.6) is 0 Å². The fourth-order valence-electron chi connectivity index (χ4n) is 4.04. The van der Waals surface area contributed by atoms with Crippen LogP contribution in [0.1, 0.15) is 25.0 Å². The summed E-state index contributed by atoms with van der Waals surface area (Å²) in [5.41, 5.74) is 0.860. The van der Waals surface area contributed by atoms with Gasteiger partial charge in [0.2, 0.25) is 11.8 Å². The summed E-state index contributed by atoms with van der Waals surface area (Å²) in [4.78, 5) is 33.2. The predicted octanol–water partition coefficient (Wildman–Crippen LogP) is 1.57. The fraction of sp³-hybridized carbons (Fsp3) is 0.500. The smallest absolute Gasteiger partial charge is 0.227 e. The lowest BCUT2D eigenvalue weighted by atomic mass is 9.95. The molecule has 1 atom stereocenters. The highest BCUT2D eigenvalue weighted by Gasteiger charge is 2.37. The van der Waals surface area contributed by atoms with Crippen molar-refractivity contribution >= 4 is 11.8 Å². The summed E-state index contributed by atoms with van der Waals surface area (Å²) >= 11 is 0. The second-order valence-corrected chi connectivity index (χ2v) is 7.49. The maximum Gasteiger partial charge on any atom is 0.227 e. The van der Waals surface area contributed by atoms with E-state index in [9.17, 15) is 9.59 Å². The van der Waals surface area contributed by atoms with E-state index in [-0.39, 0.29) is 17.7 Å². The van der Waals surface area contributed by atoms with Crippen molar-refractivity contribution in [3.8, 4) is 0 Å². The van der Waals surface area contributed by atoms with Crippen LogP contribution < -0.4 is 0 Å². The summed E-state index contributed by atoms with van der Waals surface area (Å²) in [7, 11) is 0. The van der Waals surface area contributed by atoms with Crippen molar-refractivity contribution in [2.24, 2.45) is 11.8 Å². The molecule has 0 bridgehead atoms. The summed E-state index contributed by atoms with van der Waals surface area (Å²) in [6.07, 6.45) is 7.81. The maximum atomic E-state index is 12.9. The number of carbonyl (C=O) groups excluding carboxylic acids is 2. The summed E-state index contributed by atoms with van der Waals surface area (Å²) in [6, 6.07) is 7.62. The number of nitrogens with zero attached hydrogens (tertiary/aromatic N) is 5. The minimum absolute atomic E-state index is 0.0487. The zero-order valence-electron chi connectivity index (χ0n) is 15.4. The molecule has 142 valence electrons. The van der Waals surface area contributed by atoms with Gasteiger partial charge in [-0.3, -0.25) is 19.3 Å². The highest BCUT2D eigenvalue weighted by Crippen LogP contribution is 2.25. The number of likely N-dealkylation sites (tertiary alicyclic amines) is 2. The fourth-order valence-corrected chi connectivity index (χ4v) is 4.04. The average molecular weight is 367 g/mol.